The number of nitrogens with zero attached hydrogens (tertiary/aromatic N) is 1. The molecule has 0 aromatic carbocycles. The molecule has 106 valence electrons. The predicted molar refractivity (Wildman–Crippen MR) is 79.6 cm³/mol. The van der Waals surface area contributed by atoms with Crippen molar-refractivity contribution in [2.24, 2.45) is 10.9 Å². The van der Waals surface area contributed by atoms with Crippen molar-refractivity contribution in [3.63, 3.8) is 0 Å². The minimum atomic E-state index is -0.189. The molecule has 2 amide bonds. The first-order valence-corrected chi connectivity index (χ1v) is 7.12. The Morgan fingerprint density at radius 1 is 1.45 bits per heavy atom. The van der Waals surface area contributed by atoms with Crippen LogP contribution in [0.15, 0.2) is 40.1 Å². The van der Waals surface area contributed by atoms with Crippen LogP contribution in [0.5, 0.6) is 0 Å². The molecule has 20 heavy (non-hydrogen) atoms. The average molecular weight is 293 g/mol. The van der Waals surface area contributed by atoms with Crippen molar-refractivity contribution >= 4 is 29.1 Å². The molecule has 1 N–H and O–H groups in total. The Morgan fingerprint density at radius 3 is 2.90 bits per heavy atom. The van der Waals surface area contributed by atoms with Gasteiger partial charge >= 0.3 is 0 Å². The van der Waals surface area contributed by atoms with Gasteiger partial charge < -0.3 is 5.32 Å². The molecule has 0 aromatic rings. The number of fused-ring (bicyclic) bond motifs is 1. The van der Waals surface area contributed by atoms with E-state index in [1.807, 2.05) is 26.0 Å². The van der Waals surface area contributed by atoms with Crippen LogP contribution >= 0.6 is 11.6 Å². The number of aliphatic imine (C=N–C) groups is 1. The number of amides is 2. The number of carbonyl (C=O) groups excluding carboxylic acids is 2. The topological polar surface area (TPSA) is 58.5 Å². The van der Waals surface area contributed by atoms with Crippen molar-refractivity contribution in [2.45, 2.75) is 26.7 Å². The van der Waals surface area contributed by atoms with Crippen molar-refractivity contribution in [2.75, 3.05) is 5.88 Å². The molecule has 4 nitrogen and oxygen atoms in total. The van der Waals surface area contributed by atoms with E-state index in [9.17, 15) is 9.59 Å². The Morgan fingerprint density at radius 2 is 2.20 bits per heavy atom. The summed E-state index contributed by atoms with van der Waals surface area (Å²) in [5.41, 5.74) is 3.13. The molecular formula is C15H17ClN2O2. The van der Waals surface area contributed by atoms with E-state index in [2.05, 4.69) is 10.3 Å². The van der Waals surface area contributed by atoms with Crippen molar-refractivity contribution in [3.05, 3.63) is 35.1 Å². The molecule has 0 spiro atoms. The van der Waals surface area contributed by atoms with Gasteiger partial charge in [0.05, 0.1) is 5.71 Å². The number of alkyl halides is 1. The van der Waals surface area contributed by atoms with Crippen LogP contribution in [0.25, 0.3) is 0 Å². The van der Waals surface area contributed by atoms with Crippen molar-refractivity contribution in [1.29, 1.82) is 0 Å². The van der Waals surface area contributed by atoms with Crippen molar-refractivity contribution < 1.29 is 9.59 Å². The van der Waals surface area contributed by atoms with Gasteiger partial charge in [0.2, 0.25) is 5.91 Å². The highest BCUT2D eigenvalue weighted by molar-refractivity contribution is 6.18. The van der Waals surface area contributed by atoms with E-state index in [1.54, 1.807) is 6.08 Å². The molecule has 0 radical (unpaired) electrons. The Balaban J connectivity index is 2.19. The summed E-state index contributed by atoms with van der Waals surface area (Å²) in [6.07, 6.45) is 6.51. The second-order valence-corrected chi connectivity index (χ2v) is 5.30. The summed E-state index contributed by atoms with van der Waals surface area (Å²) in [4.78, 5) is 27.4. The van der Waals surface area contributed by atoms with Gasteiger partial charge in [-0.3, -0.25) is 9.59 Å². The maximum Gasteiger partial charge on any atom is 0.251 e. The fourth-order valence-electron chi connectivity index (χ4n) is 2.21. The number of nitrogens with one attached hydrogen (secondary N) is 1. The van der Waals surface area contributed by atoms with Crippen LogP contribution in [0.1, 0.15) is 26.7 Å². The lowest BCUT2D eigenvalue weighted by Crippen LogP contribution is -2.35. The lowest BCUT2D eigenvalue weighted by atomic mass is 9.85. The second-order valence-electron chi connectivity index (χ2n) is 4.92. The lowest BCUT2D eigenvalue weighted by Gasteiger charge is -2.28. The van der Waals surface area contributed by atoms with Crippen LogP contribution in [-0.2, 0) is 9.59 Å². The zero-order valence-corrected chi connectivity index (χ0v) is 12.3. The summed E-state index contributed by atoms with van der Waals surface area (Å²) in [6.45, 7) is 3.76. The Labute approximate surface area is 123 Å². The molecule has 0 aromatic heterocycles. The van der Waals surface area contributed by atoms with Gasteiger partial charge in [-0.25, -0.2) is 4.99 Å². The highest BCUT2D eigenvalue weighted by Gasteiger charge is 2.27. The Kier molecular flexibility index (Phi) is 4.55. The van der Waals surface area contributed by atoms with E-state index in [-0.39, 0.29) is 17.7 Å². The predicted octanol–water partition coefficient (Wildman–Crippen LogP) is 2.51. The monoisotopic (exact) mass is 292 g/mol. The highest BCUT2D eigenvalue weighted by Crippen LogP contribution is 2.29. The third kappa shape index (κ3) is 3.07. The first-order valence-electron chi connectivity index (χ1n) is 6.59. The second kappa shape index (κ2) is 6.18. The number of hydrogen-bond donors (Lipinski definition) is 1. The standard InChI is InChI=1S/C15H17ClN2O2/c1-9-10(2)15(20)18-13-8-11(5-6-12(9)13)17-14(19)4-3-7-16/h5-6,8,12H,3-4,7H2,1-2H3,(H,18,20). The molecule has 0 saturated heterocycles. The number of rotatable bonds is 3. The number of allylic oxidation sites excluding steroid dienone is 3. The SMILES string of the molecule is CC1=C(C)C2C=CC(=NC(=O)CCCCl)C=C2NC1=O. The van der Waals surface area contributed by atoms with E-state index in [0.29, 0.717) is 24.4 Å². The summed E-state index contributed by atoms with van der Waals surface area (Å²) in [5, 5.41) is 2.84. The molecule has 0 bridgehead atoms. The van der Waals surface area contributed by atoms with Crippen molar-refractivity contribution in [3.8, 4) is 0 Å². The van der Waals surface area contributed by atoms with Gasteiger partial charge in [0.1, 0.15) is 0 Å². The van der Waals surface area contributed by atoms with Crippen LogP contribution in [0.3, 0.4) is 0 Å². The molecule has 0 saturated carbocycles. The van der Waals surface area contributed by atoms with Gasteiger partial charge in [-0.1, -0.05) is 11.6 Å². The van der Waals surface area contributed by atoms with Gasteiger partial charge in [-0.2, -0.15) is 0 Å². The molecule has 1 heterocycles. The summed E-state index contributed by atoms with van der Waals surface area (Å²) in [6, 6.07) is 0. The van der Waals surface area contributed by atoms with Gasteiger partial charge in [0.25, 0.3) is 5.91 Å². The Hall–Kier alpha value is -1.68. The van der Waals surface area contributed by atoms with E-state index < -0.39 is 0 Å². The van der Waals surface area contributed by atoms with E-state index in [4.69, 9.17) is 11.6 Å². The van der Waals surface area contributed by atoms with E-state index in [1.165, 1.54) is 0 Å². The summed E-state index contributed by atoms with van der Waals surface area (Å²) in [5.74, 6) is 0.249. The molecule has 5 heteroatoms. The maximum atomic E-state index is 11.8. The molecule has 2 rings (SSSR count). The number of carbonyl (C=O) groups is 2. The van der Waals surface area contributed by atoms with Gasteiger partial charge in [0, 0.05) is 29.5 Å². The van der Waals surface area contributed by atoms with Crippen molar-refractivity contribution in [1.82, 2.24) is 5.32 Å². The molecule has 0 fully saturated rings. The van der Waals surface area contributed by atoms with Gasteiger partial charge in [-0.05, 0) is 32.4 Å². The zero-order chi connectivity index (χ0) is 14.7. The third-order valence-corrected chi connectivity index (χ3v) is 3.80. The summed E-state index contributed by atoms with van der Waals surface area (Å²) in [7, 11) is 0. The molecule has 1 aliphatic heterocycles. The molecule has 1 aliphatic carbocycles. The molecule has 1 atom stereocenters. The summed E-state index contributed by atoms with van der Waals surface area (Å²) < 4.78 is 0. The normalized spacial score (nSPS) is 23.6. The first-order chi connectivity index (χ1) is 9.52. The molecular weight excluding hydrogens is 276 g/mol. The van der Waals surface area contributed by atoms with Crippen LogP contribution in [0.4, 0.5) is 0 Å². The fourth-order valence-corrected chi connectivity index (χ4v) is 2.35. The third-order valence-electron chi connectivity index (χ3n) is 3.53. The van der Waals surface area contributed by atoms with Gasteiger partial charge in [-0.15, -0.1) is 11.6 Å². The number of hydrogen-bond acceptors (Lipinski definition) is 2. The summed E-state index contributed by atoms with van der Waals surface area (Å²) >= 11 is 5.55. The van der Waals surface area contributed by atoms with Crippen LogP contribution in [0.2, 0.25) is 0 Å². The van der Waals surface area contributed by atoms with E-state index >= 15 is 0 Å². The Bertz CT molecular complexity index is 570. The minimum Gasteiger partial charge on any atom is -0.325 e. The fraction of sp³-hybridized carbons (Fsp3) is 0.400. The first kappa shape index (κ1) is 14.7. The zero-order valence-electron chi connectivity index (χ0n) is 11.6. The van der Waals surface area contributed by atoms with Crippen LogP contribution in [0, 0.1) is 5.92 Å². The van der Waals surface area contributed by atoms with E-state index in [0.717, 1.165) is 16.8 Å². The minimum absolute atomic E-state index is 0.0737. The average Bonchev–Trinajstić information content (AvgIpc) is 2.42. The number of halogens is 1. The lowest BCUT2D eigenvalue weighted by molar-refractivity contribution is -0.118. The quantitative estimate of drug-likeness (QED) is 0.813. The maximum absolute atomic E-state index is 11.8. The van der Waals surface area contributed by atoms with Crippen LogP contribution in [-0.4, -0.2) is 23.4 Å². The molecule has 2 aliphatic rings. The largest absolute Gasteiger partial charge is 0.325 e. The smallest absolute Gasteiger partial charge is 0.251 e. The van der Waals surface area contributed by atoms with Crippen LogP contribution < -0.4 is 5.32 Å². The molecule has 1 unspecified atom stereocenters. The highest BCUT2D eigenvalue weighted by atomic mass is 35.5. The van der Waals surface area contributed by atoms with Gasteiger partial charge in [0.15, 0.2) is 0 Å².